The molecule has 3 rings (SSSR count). The number of methoxy groups -OCH3 is 1. The van der Waals surface area contributed by atoms with Crippen LogP contribution in [-0.2, 0) is 4.79 Å². The number of hydrogen-bond acceptors (Lipinski definition) is 3. The van der Waals surface area contributed by atoms with Gasteiger partial charge in [0.25, 0.3) is 0 Å². The Morgan fingerprint density at radius 1 is 1.14 bits per heavy atom. The molecule has 2 unspecified atom stereocenters. The molecule has 0 aliphatic carbocycles. The fourth-order valence-electron chi connectivity index (χ4n) is 2.69. The molecule has 0 radical (unpaired) electrons. The number of aryl methyl sites for hydroxylation is 1. The Bertz CT molecular complexity index is 667. The van der Waals surface area contributed by atoms with E-state index in [4.69, 9.17) is 10.5 Å². The van der Waals surface area contributed by atoms with Crippen molar-refractivity contribution in [2.45, 2.75) is 19.0 Å². The van der Waals surface area contributed by atoms with Crippen LogP contribution >= 0.6 is 0 Å². The van der Waals surface area contributed by atoms with Gasteiger partial charge in [0.2, 0.25) is 5.91 Å². The van der Waals surface area contributed by atoms with E-state index in [0.717, 1.165) is 22.6 Å². The molecular weight excluding hydrogens is 264 g/mol. The number of β-lactam (4-membered cyclic amide) rings is 1. The van der Waals surface area contributed by atoms with Gasteiger partial charge in [-0.2, -0.15) is 0 Å². The summed E-state index contributed by atoms with van der Waals surface area (Å²) in [6, 6.07) is 14.9. The predicted octanol–water partition coefficient (Wildman–Crippen LogP) is 2.42. The Labute approximate surface area is 124 Å². The van der Waals surface area contributed by atoms with E-state index >= 15 is 0 Å². The van der Waals surface area contributed by atoms with E-state index in [2.05, 4.69) is 0 Å². The predicted molar refractivity (Wildman–Crippen MR) is 82.4 cm³/mol. The van der Waals surface area contributed by atoms with E-state index < -0.39 is 6.04 Å². The third-order valence-electron chi connectivity index (χ3n) is 3.89. The van der Waals surface area contributed by atoms with Crippen molar-refractivity contribution in [3.05, 3.63) is 59.7 Å². The van der Waals surface area contributed by atoms with Gasteiger partial charge in [-0.15, -0.1) is 0 Å². The van der Waals surface area contributed by atoms with Crippen LogP contribution in [0.1, 0.15) is 17.2 Å². The van der Waals surface area contributed by atoms with E-state index in [0.29, 0.717) is 0 Å². The second-order valence-electron chi connectivity index (χ2n) is 5.29. The van der Waals surface area contributed by atoms with Gasteiger partial charge < -0.3 is 15.4 Å². The Morgan fingerprint density at radius 3 is 2.52 bits per heavy atom. The summed E-state index contributed by atoms with van der Waals surface area (Å²) in [7, 11) is 1.63. The summed E-state index contributed by atoms with van der Waals surface area (Å²) in [5.41, 5.74) is 9.04. The third-order valence-corrected chi connectivity index (χ3v) is 3.89. The van der Waals surface area contributed by atoms with Crippen molar-refractivity contribution in [2.75, 3.05) is 12.0 Å². The first kappa shape index (κ1) is 13.6. The van der Waals surface area contributed by atoms with Crippen molar-refractivity contribution >= 4 is 11.6 Å². The normalized spacial score (nSPS) is 21.1. The van der Waals surface area contributed by atoms with Crippen LogP contribution < -0.4 is 15.4 Å². The summed E-state index contributed by atoms with van der Waals surface area (Å²) < 4.78 is 5.25. The second kappa shape index (κ2) is 5.22. The number of nitrogens with two attached hydrogens (primary N) is 1. The lowest BCUT2D eigenvalue weighted by Crippen LogP contribution is -2.63. The Morgan fingerprint density at radius 2 is 1.86 bits per heavy atom. The topological polar surface area (TPSA) is 55.6 Å². The van der Waals surface area contributed by atoms with E-state index in [1.165, 1.54) is 0 Å². The minimum atomic E-state index is -0.501. The number of benzene rings is 2. The van der Waals surface area contributed by atoms with Gasteiger partial charge in [-0.3, -0.25) is 4.79 Å². The molecule has 1 heterocycles. The molecule has 2 aromatic rings. The molecule has 4 nitrogen and oxygen atoms in total. The van der Waals surface area contributed by atoms with Crippen molar-refractivity contribution < 1.29 is 9.53 Å². The maximum Gasteiger partial charge on any atom is 0.247 e. The number of rotatable bonds is 3. The minimum Gasteiger partial charge on any atom is -0.497 e. The zero-order valence-corrected chi connectivity index (χ0v) is 12.1. The first-order valence-corrected chi connectivity index (χ1v) is 6.91. The van der Waals surface area contributed by atoms with Gasteiger partial charge >= 0.3 is 0 Å². The van der Waals surface area contributed by atoms with E-state index in [9.17, 15) is 4.79 Å². The van der Waals surface area contributed by atoms with Crippen molar-refractivity contribution in [1.82, 2.24) is 0 Å². The number of ether oxygens (including phenoxy) is 1. The number of nitrogens with zero attached hydrogens (tertiary/aromatic N) is 1. The molecule has 1 fully saturated rings. The van der Waals surface area contributed by atoms with Gasteiger partial charge in [-0.05, 0) is 36.8 Å². The molecule has 0 bridgehead atoms. The molecule has 21 heavy (non-hydrogen) atoms. The highest BCUT2D eigenvalue weighted by Crippen LogP contribution is 2.38. The van der Waals surface area contributed by atoms with E-state index in [-0.39, 0.29) is 11.9 Å². The molecule has 1 aliphatic rings. The molecule has 108 valence electrons. The van der Waals surface area contributed by atoms with Crippen LogP contribution in [0.15, 0.2) is 48.5 Å². The van der Waals surface area contributed by atoms with Crippen LogP contribution in [0, 0.1) is 6.92 Å². The Balaban J connectivity index is 1.96. The fraction of sp³-hybridized carbons (Fsp3) is 0.235. The third kappa shape index (κ3) is 2.28. The number of carbonyl (C=O) groups is 1. The van der Waals surface area contributed by atoms with Crippen LogP contribution in [0.3, 0.4) is 0 Å². The van der Waals surface area contributed by atoms with E-state index in [1.54, 1.807) is 12.0 Å². The molecular formula is C17H18N2O2. The molecule has 2 N–H and O–H groups in total. The summed E-state index contributed by atoms with van der Waals surface area (Å²) in [5.74, 6) is 0.717. The second-order valence-corrected chi connectivity index (χ2v) is 5.29. The van der Waals surface area contributed by atoms with Crippen molar-refractivity contribution in [3.8, 4) is 5.75 Å². The molecule has 2 atom stereocenters. The van der Waals surface area contributed by atoms with Crippen LogP contribution in [0.5, 0.6) is 5.75 Å². The highest BCUT2D eigenvalue weighted by molar-refractivity contribution is 6.05. The van der Waals surface area contributed by atoms with Gasteiger partial charge in [-0.25, -0.2) is 0 Å². The fourth-order valence-corrected chi connectivity index (χ4v) is 2.69. The van der Waals surface area contributed by atoms with Crippen molar-refractivity contribution in [3.63, 3.8) is 0 Å². The van der Waals surface area contributed by atoms with Gasteiger partial charge in [0.15, 0.2) is 0 Å². The Hall–Kier alpha value is -2.33. The minimum absolute atomic E-state index is 0.0494. The quantitative estimate of drug-likeness (QED) is 0.880. The van der Waals surface area contributed by atoms with Crippen LogP contribution in [0.25, 0.3) is 0 Å². The molecule has 2 aromatic carbocycles. The SMILES string of the molecule is COc1cccc(C2C(N)C(=O)N2c2ccc(C)cc2)c1. The molecule has 0 aromatic heterocycles. The lowest BCUT2D eigenvalue weighted by atomic mass is 9.88. The van der Waals surface area contributed by atoms with Crippen LogP contribution in [-0.4, -0.2) is 19.1 Å². The first-order chi connectivity index (χ1) is 10.1. The van der Waals surface area contributed by atoms with Crippen molar-refractivity contribution in [2.24, 2.45) is 5.73 Å². The van der Waals surface area contributed by atoms with E-state index in [1.807, 2.05) is 55.5 Å². The highest BCUT2D eigenvalue weighted by Gasteiger charge is 2.46. The zero-order valence-electron chi connectivity index (χ0n) is 12.1. The lowest BCUT2D eigenvalue weighted by Gasteiger charge is -2.45. The average Bonchev–Trinajstić information content (AvgIpc) is 2.52. The molecule has 1 saturated heterocycles. The maximum absolute atomic E-state index is 12.2. The zero-order chi connectivity index (χ0) is 15.0. The monoisotopic (exact) mass is 282 g/mol. The summed E-state index contributed by atoms with van der Waals surface area (Å²) >= 11 is 0. The first-order valence-electron chi connectivity index (χ1n) is 6.91. The van der Waals surface area contributed by atoms with Crippen LogP contribution in [0.4, 0.5) is 5.69 Å². The summed E-state index contributed by atoms with van der Waals surface area (Å²) in [4.78, 5) is 13.9. The molecule has 1 amide bonds. The van der Waals surface area contributed by atoms with Gasteiger partial charge in [-0.1, -0.05) is 29.8 Å². The number of hydrogen-bond donors (Lipinski definition) is 1. The van der Waals surface area contributed by atoms with Crippen molar-refractivity contribution in [1.29, 1.82) is 0 Å². The maximum atomic E-state index is 12.2. The van der Waals surface area contributed by atoms with Gasteiger partial charge in [0.05, 0.1) is 13.2 Å². The lowest BCUT2D eigenvalue weighted by molar-refractivity contribution is -0.126. The molecule has 1 aliphatic heterocycles. The standard InChI is InChI=1S/C17H18N2O2/c1-11-6-8-13(9-7-11)19-16(15(18)17(19)20)12-4-3-5-14(10-12)21-2/h3-10,15-16H,18H2,1-2H3. The largest absolute Gasteiger partial charge is 0.497 e. The summed E-state index contributed by atoms with van der Waals surface area (Å²) in [6.45, 7) is 2.02. The molecule has 4 heteroatoms. The number of carbonyl (C=O) groups excluding carboxylic acids is 1. The Kier molecular flexibility index (Phi) is 3.39. The molecule has 0 spiro atoms. The van der Waals surface area contributed by atoms with Gasteiger partial charge in [0.1, 0.15) is 11.8 Å². The molecule has 0 saturated carbocycles. The van der Waals surface area contributed by atoms with Crippen LogP contribution in [0.2, 0.25) is 0 Å². The van der Waals surface area contributed by atoms with Gasteiger partial charge in [0, 0.05) is 5.69 Å². The summed E-state index contributed by atoms with van der Waals surface area (Å²) in [6.07, 6.45) is 0. The number of anilines is 1. The summed E-state index contributed by atoms with van der Waals surface area (Å²) in [5, 5.41) is 0. The average molecular weight is 282 g/mol. The highest BCUT2D eigenvalue weighted by atomic mass is 16.5. The number of amides is 1. The smallest absolute Gasteiger partial charge is 0.247 e.